The van der Waals surface area contributed by atoms with Crippen LogP contribution in [-0.2, 0) is 0 Å². The molecule has 0 saturated heterocycles. The molecular weight excluding hydrogens is 304 g/mol. The number of rotatable bonds is 5. The monoisotopic (exact) mass is 326 g/mol. The molecule has 1 aliphatic rings. The highest BCUT2D eigenvalue weighted by atomic mass is 16.5. The number of aromatic nitrogens is 2. The average molecular weight is 326 g/mol. The standard InChI is InChI=1S/C18H22N4O2/c1-24-15-9-5-8-14(12-15)20-17(23)16-10-11-19-18(22-16)21-13-6-3-2-4-7-13/h5,8-13H,2-4,6-7H2,1H3,(H,20,23)(H,19,21,22). The van der Waals surface area contributed by atoms with Gasteiger partial charge in [0, 0.05) is 24.0 Å². The summed E-state index contributed by atoms with van der Waals surface area (Å²) >= 11 is 0. The smallest absolute Gasteiger partial charge is 0.274 e. The molecule has 0 spiro atoms. The third kappa shape index (κ3) is 4.22. The van der Waals surface area contributed by atoms with E-state index < -0.39 is 0 Å². The molecule has 6 heteroatoms. The molecule has 0 atom stereocenters. The lowest BCUT2D eigenvalue weighted by Gasteiger charge is -2.22. The van der Waals surface area contributed by atoms with Gasteiger partial charge in [-0.05, 0) is 31.0 Å². The Morgan fingerprint density at radius 2 is 2.04 bits per heavy atom. The summed E-state index contributed by atoms with van der Waals surface area (Å²) in [4.78, 5) is 21.0. The van der Waals surface area contributed by atoms with Crippen molar-refractivity contribution in [1.82, 2.24) is 9.97 Å². The largest absolute Gasteiger partial charge is 0.497 e. The third-order valence-corrected chi connectivity index (χ3v) is 4.15. The number of carbonyl (C=O) groups is 1. The van der Waals surface area contributed by atoms with Crippen molar-refractivity contribution in [1.29, 1.82) is 0 Å². The van der Waals surface area contributed by atoms with Crippen LogP contribution < -0.4 is 15.4 Å². The molecule has 0 aliphatic heterocycles. The summed E-state index contributed by atoms with van der Waals surface area (Å²) in [5.41, 5.74) is 1.01. The molecule has 126 valence electrons. The minimum atomic E-state index is -0.266. The van der Waals surface area contributed by atoms with Crippen LogP contribution in [0.1, 0.15) is 42.6 Å². The zero-order chi connectivity index (χ0) is 16.8. The lowest BCUT2D eigenvalue weighted by atomic mass is 9.96. The van der Waals surface area contributed by atoms with Crippen LogP contribution in [0.4, 0.5) is 11.6 Å². The van der Waals surface area contributed by atoms with Crippen LogP contribution in [0.15, 0.2) is 36.5 Å². The van der Waals surface area contributed by atoms with Crippen molar-refractivity contribution in [2.75, 3.05) is 17.7 Å². The Kier molecular flexibility index (Phi) is 5.25. The van der Waals surface area contributed by atoms with Gasteiger partial charge in [0.25, 0.3) is 5.91 Å². The molecule has 2 aromatic rings. The number of anilines is 2. The third-order valence-electron chi connectivity index (χ3n) is 4.15. The first kappa shape index (κ1) is 16.2. The molecular formula is C18H22N4O2. The van der Waals surface area contributed by atoms with E-state index in [0.29, 0.717) is 29.1 Å². The number of ether oxygens (including phenoxy) is 1. The number of nitrogens with zero attached hydrogens (tertiary/aromatic N) is 2. The van der Waals surface area contributed by atoms with Crippen molar-refractivity contribution in [3.63, 3.8) is 0 Å². The Morgan fingerprint density at radius 1 is 1.21 bits per heavy atom. The number of benzene rings is 1. The second kappa shape index (κ2) is 7.77. The first-order chi connectivity index (χ1) is 11.7. The van der Waals surface area contributed by atoms with Crippen molar-refractivity contribution in [3.8, 4) is 5.75 Å². The number of amides is 1. The molecule has 1 aromatic carbocycles. The molecule has 1 aliphatic carbocycles. The SMILES string of the molecule is COc1cccc(NC(=O)c2ccnc(NC3CCCCC3)n2)c1. The van der Waals surface area contributed by atoms with E-state index in [4.69, 9.17) is 4.74 Å². The van der Waals surface area contributed by atoms with Gasteiger partial charge >= 0.3 is 0 Å². The van der Waals surface area contributed by atoms with E-state index in [9.17, 15) is 4.79 Å². The van der Waals surface area contributed by atoms with Gasteiger partial charge in [-0.15, -0.1) is 0 Å². The Hall–Kier alpha value is -2.63. The predicted octanol–water partition coefficient (Wildman–Crippen LogP) is 3.48. The Morgan fingerprint density at radius 3 is 2.83 bits per heavy atom. The molecule has 0 radical (unpaired) electrons. The van der Waals surface area contributed by atoms with E-state index in [1.807, 2.05) is 18.2 Å². The number of hydrogen-bond acceptors (Lipinski definition) is 5. The summed E-state index contributed by atoms with van der Waals surface area (Å²) < 4.78 is 5.16. The summed E-state index contributed by atoms with van der Waals surface area (Å²) in [6.45, 7) is 0. The molecule has 1 heterocycles. The molecule has 1 aromatic heterocycles. The topological polar surface area (TPSA) is 76.1 Å². The van der Waals surface area contributed by atoms with E-state index in [2.05, 4.69) is 20.6 Å². The summed E-state index contributed by atoms with van der Waals surface area (Å²) in [6, 6.07) is 9.23. The fourth-order valence-electron chi connectivity index (χ4n) is 2.88. The van der Waals surface area contributed by atoms with Crippen LogP contribution in [0.25, 0.3) is 0 Å². The van der Waals surface area contributed by atoms with Crippen LogP contribution in [0.3, 0.4) is 0 Å². The van der Waals surface area contributed by atoms with Crippen LogP contribution in [0.2, 0.25) is 0 Å². The summed E-state index contributed by atoms with van der Waals surface area (Å²) in [5, 5.41) is 6.16. The van der Waals surface area contributed by atoms with Gasteiger partial charge < -0.3 is 15.4 Å². The van der Waals surface area contributed by atoms with Gasteiger partial charge in [-0.2, -0.15) is 0 Å². The molecule has 24 heavy (non-hydrogen) atoms. The molecule has 1 fully saturated rings. The molecule has 1 saturated carbocycles. The van der Waals surface area contributed by atoms with Gasteiger partial charge in [-0.3, -0.25) is 4.79 Å². The summed E-state index contributed by atoms with van der Waals surface area (Å²) in [6.07, 6.45) is 7.62. The number of hydrogen-bond donors (Lipinski definition) is 2. The Balaban J connectivity index is 1.67. The van der Waals surface area contributed by atoms with Gasteiger partial charge in [-0.1, -0.05) is 25.3 Å². The first-order valence-electron chi connectivity index (χ1n) is 8.29. The zero-order valence-corrected chi connectivity index (χ0v) is 13.8. The van der Waals surface area contributed by atoms with Gasteiger partial charge in [0.2, 0.25) is 5.95 Å². The van der Waals surface area contributed by atoms with Gasteiger partial charge in [0.15, 0.2) is 0 Å². The van der Waals surface area contributed by atoms with E-state index in [0.717, 1.165) is 12.8 Å². The summed E-state index contributed by atoms with van der Waals surface area (Å²) in [5.74, 6) is 0.938. The highest BCUT2D eigenvalue weighted by molar-refractivity contribution is 6.03. The highest BCUT2D eigenvalue weighted by Crippen LogP contribution is 2.20. The number of carbonyl (C=O) groups excluding carboxylic acids is 1. The number of nitrogens with one attached hydrogen (secondary N) is 2. The maximum atomic E-state index is 12.4. The average Bonchev–Trinajstić information content (AvgIpc) is 2.63. The van der Waals surface area contributed by atoms with Crippen LogP contribution >= 0.6 is 0 Å². The molecule has 2 N–H and O–H groups in total. The summed E-state index contributed by atoms with van der Waals surface area (Å²) in [7, 11) is 1.59. The van der Waals surface area contributed by atoms with Crippen molar-refractivity contribution in [3.05, 3.63) is 42.2 Å². The van der Waals surface area contributed by atoms with Gasteiger partial charge in [0.1, 0.15) is 11.4 Å². The molecule has 6 nitrogen and oxygen atoms in total. The van der Waals surface area contributed by atoms with Crippen molar-refractivity contribution in [2.45, 2.75) is 38.1 Å². The lowest BCUT2D eigenvalue weighted by molar-refractivity contribution is 0.102. The van der Waals surface area contributed by atoms with E-state index >= 15 is 0 Å². The van der Waals surface area contributed by atoms with E-state index in [-0.39, 0.29) is 5.91 Å². The first-order valence-corrected chi connectivity index (χ1v) is 8.29. The Bertz CT molecular complexity index is 699. The second-order valence-electron chi connectivity index (χ2n) is 5.93. The second-order valence-corrected chi connectivity index (χ2v) is 5.93. The molecule has 0 bridgehead atoms. The zero-order valence-electron chi connectivity index (χ0n) is 13.8. The molecule has 1 amide bonds. The fraction of sp³-hybridized carbons (Fsp3) is 0.389. The minimum Gasteiger partial charge on any atom is -0.497 e. The number of methoxy groups -OCH3 is 1. The maximum absolute atomic E-state index is 12.4. The van der Waals surface area contributed by atoms with Crippen molar-refractivity contribution >= 4 is 17.5 Å². The van der Waals surface area contributed by atoms with E-state index in [1.54, 1.807) is 25.4 Å². The molecule has 0 unspecified atom stereocenters. The van der Waals surface area contributed by atoms with Crippen molar-refractivity contribution < 1.29 is 9.53 Å². The molecule has 3 rings (SSSR count). The predicted molar refractivity (Wildman–Crippen MR) is 93.5 cm³/mol. The van der Waals surface area contributed by atoms with Gasteiger partial charge in [0.05, 0.1) is 7.11 Å². The fourth-order valence-corrected chi connectivity index (χ4v) is 2.88. The van der Waals surface area contributed by atoms with Crippen LogP contribution in [0, 0.1) is 0 Å². The lowest BCUT2D eigenvalue weighted by Crippen LogP contribution is -2.24. The van der Waals surface area contributed by atoms with Crippen LogP contribution in [0.5, 0.6) is 5.75 Å². The maximum Gasteiger partial charge on any atom is 0.274 e. The Labute approximate surface area is 141 Å². The quantitative estimate of drug-likeness (QED) is 0.879. The van der Waals surface area contributed by atoms with Gasteiger partial charge in [-0.25, -0.2) is 9.97 Å². The van der Waals surface area contributed by atoms with Crippen LogP contribution in [-0.4, -0.2) is 29.0 Å². The van der Waals surface area contributed by atoms with Crippen molar-refractivity contribution in [2.24, 2.45) is 0 Å². The highest BCUT2D eigenvalue weighted by Gasteiger charge is 2.15. The van der Waals surface area contributed by atoms with E-state index in [1.165, 1.54) is 19.3 Å². The normalized spacial score (nSPS) is 14.9. The minimum absolute atomic E-state index is 0.266.